The van der Waals surface area contributed by atoms with Crippen LogP contribution >= 0.6 is 11.6 Å². The second-order valence-electron chi connectivity index (χ2n) is 8.64. The molecule has 0 spiro atoms. The molecule has 0 N–H and O–H groups in total. The van der Waals surface area contributed by atoms with Crippen molar-refractivity contribution < 1.29 is 9.47 Å². The summed E-state index contributed by atoms with van der Waals surface area (Å²) in [5, 5.41) is 10.00. The first kappa shape index (κ1) is 22.7. The van der Waals surface area contributed by atoms with Crippen LogP contribution in [0.3, 0.4) is 0 Å². The molecular weight excluding hydrogens is 478 g/mol. The number of benzene rings is 2. The molecule has 182 valence electrons. The summed E-state index contributed by atoms with van der Waals surface area (Å²) in [5.41, 5.74) is 4.52. The summed E-state index contributed by atoms with van der Waals surface area (Å²) < 4.78 is 13.4. The third-order valence-electron chi connectivity index (χ3n) is 6.29. The Labute approximate surface area is 212 Å². The van der Waals surface area contributed by atoms with Crippen molar-refractivity contribution in [1.29, 1.82) is 0 Å². The zero-order valence-electron chi connectivity index (χ0n) is 19.7. The van der Waals surface area contributed by atoms with Crippen LogP contribution in [0, 0.1) is 0 Å². The van der Waals surface area contributed by atoms with Crippen molar-refractivity contribution in [3.05, 3.63) is 78.0 Å². The molecule has 1 saturated heterocycles. The monoisotopic (exact) mass is 501 g/mol. The van der Waals surface area contributed by atoms with Gasteiger partial charge in [0.2, 0.25) is 5.88 Å². The zero-order valence-corrected chi connectivity index (χ0v) is 20.5. The average molecular weight is 502 g/mol. The maximum atomic E-state index is 6.29. The molecule has 0 unspecified atom stereocenters. The highest BCUT2D eigenvalue weighted by Crippen LogP contribution is 2.35. The summed E-state index contributed by atoms with van der Waals surface area (Å²) in [6.45, 7) is 4.09. The molecule has 6 rings (SSSR count). The van der Waals surface area contributed by atoms with Crippen LogP contribution in [0.15, 0.2) is 67.3 Å². The van der Waals surface area contributed by atoms with Crippen molar-refractivity contribution in [3.63, 3.8) is 0 Å². The fraction of sp³-hybridized carbons (Fsp3) is 0.231. The number of hydrogen-bond donors (Lipinski definition) is 0. The Hall–Kier alpha value is -3.79. The van der Waals surface area contributed by atoms with Crippen molar-refractivity contribution in [2.75, 3.05) is 38.3 Å². The van der Waals surface area contributed by atoms with Crippen molar-refractivity contribution in [2.45, 2.75) is 6.54 Å². The number of halogens is 1. The number of pyridine rings is 1. The Morgan fingerprint density at radius 3 is 2.78 bits per heavy atom. The third-order valence-corrected chi connectivity index (χ3v) is 6.53. The van der Waals surface area contributed by atoms with E-state index in [-0.39, 0.29) is 0 Å². The summed E-state index contributed by atoms with van der Waals surface area (Å²) in [5.74, 6) is 1.12. The Bertz CT molecular complexity index is 1520. The van der Waals surface area contributed by atoms with Crippen LogP contribution < -0.4 is 9.64 Å². The molecule has 9 nitrogen and oxygen atoms in total. The van der Waals surface area contributed by atoms with Crippen molar-refractivity contribution in [2.24, 2.45) is 0 Å². The average Bonchev–Trinajstić information content (AvgIpc) is 3.39. The maximum absolute atomic E-state index is 6.29. The van der Waals surface area contributed by atoms with E-state index in [0.717, 1.165) is 66.5 Å². The molecule has 0 aliphatic carbocycles. The molecule has 1 aliphatic heterocycles. The van der Waals surface area contributed by atoms with E-state index in [9.17, 15) is 0 Å². The van der Waals surface area contributed by atoms with Crippen LogP contribution in [0.25, 0.3) is 16.6 Å². The maximum Gasteiger partial charge on any atom is 0.237 e. The quantitative estimate of drug-likeness (QED) is 0.330. The molecule has 0 atom stereocenters. The van der Waals surface area contributed by atoms with Gasteiger partial charge < -0.3 is 14.4 Å². The van der Waals surface area contributed by atoms with E-state index in [2.05, 4.69) is 30.0 Å². The lowest BCUT2D eigenvalue weighted by Crippen LogP contribution is -2.35. The highest BCUT2D eigenvalue weighted by atomic mass is 35.5. The minimum Gasteiger partial charge on any atom is -0.437 e. The van der Waals surface area contributed by atoms with E-state index in [1.165, 1.54) is 0 Å². The van der Waals surface area contributed by atoms with Gasteiger partial charge in [0.05, 0.1) is 42.5 Å². The predicted molar refractivity (Wildman–Crippen MR) is 138 cm³/mol. The number of ether oxygens (including phenoxy) is 2. The van der Waals surface area contributed by atoms with Gasteiger partial charge in [-0.1, -0.05) is 17.7 Å². The first-order valence-corrected chi connectivity index (χ1v) is 12.1. The van der Waals surface area contributed by atoms with Gasteiger partial charge in [-0.25, -0.2) is 4.98 Å². The lowest BCUT2D eigenvalue weighted by atomic mass is 10.1. The smallest absolute Gasteiger partial charge is 0.237 e. The number of morpholine rings is 1. The Morgan fingerprint density at radius 1 is 1.06 bits per heavy atom. The Kier molecular flexibility index (Phi) is 6.10. The molecule has 0 saturated carbocycles. The standard InChI is InChI=1S/C26H24ClN7O2/c1-32(23-13-25-31-30-17-34(25)24-11-18(27)5-6-22(23)24)20-3-2-4-21(12-20)36-26-15-28-19(14-29-26)16-33-7-9-35-10-8-33/h2-6,11-15,17H,7-10,16H2,1H3. The number of nitrogens with zero attached hydrogens (tertiary/aromatic N) is 7. The van der Waals surface area contributed by atoms with Gasteiger partial charge in [-0.05, 0) is 30.3 Å². The van der Waals surface area contributed by atoms with Gasteiger partial charge in [0.1, 0.15) is 12.1 Å². The number of hydrogen-bond acceptors (Lipinski definition) is 8. The second-order valence-corrected chi connectivity index (χ2v) is 9.08. The summed E-state index contributed by atoms with van der Waals surface area (Å²) >= 11 is 6.29. The molecule has 10 heteroatoms. The Balaban J connectivity index is 1.24. The van der Waals surface area contributed by atoms with Crippen LogP contribution in [0.1, 0.15) is 5.69 Å². The van der Waals surface area contributed by atoms with E-state index < -0.39 is 0 Å². The summed E-state index contributed by atoms with van der Waals surface area (Å²) in [6, 6.07) is 15.7. The molecular formula is C26H24ClN7O2. The number of rotatable bonds is 6. The molecule has 5 aromatic rings. The molecule has 1 aliphatic rings. The molecule has 0 amide bonds. The van der Waals surface area contributed by atoms with Crippen molar-refractivity contribution >= 4 is 39.5 Å². The largest absolute Gasteiger partial charge is 0.437 e. The first-order valence-electron chi connectivity index (χ1n) is 11.7. The number of fused-ring (bicyclic) bond motifs is 3. The van der Waals surface area contributed by atoms with E-state index in [1.54, 1.807) is 18.7 Å². The zero-order chi connectivity index (χ0) is 24.5. The van der Waals surface area contributed by atoms with Gasteiger partial charge in [-0.15, -0.1) is 10.2 Å². The van der Waals surface area contributed by atoms with E-state index in [0.29, 0.717) is 16.7 Å². The Morgan fingerprint density at radius 2 is 1.94 bits per heavy atom. The summed E-state index contributed by atoms with van der Waals surface area (Å²) in [7, 11) is 2.01. The highest BCUT2D eigenvalue weighted by molar-refractivity contribution is 6.31. The fourth-order valence-corrected chi connectivity index (χ4v) is 4.57. The van der Waals surface area contributed by atoms with Gasteiger partial charge in [-0.2, -0.15) is 0 Å². The van der Waals surface area contributed by atoms with Crippen LogP contribution in [-0.4, -0.2) is 62.8 Å². The molecule has 3 aromatic heterocycles. The highest BCUT2D eigenvalue weighted by Gasteiger charge is 2.15. The second kappa shape index (κ2) is 9.69. The predicted octanol–water partition coefficient (Wildman–Crippen LogP) is 4.72. The first-order chi connectivity index (χ1) is 17.6. The van der Waals surface area contributed by atoms with E-state index in [4.69, 9.17) is 21.1 Å². The molecule has 0 bridgehead atoms. The van der Waals surface area contributed by atoms with E-state index in [1.807, 2.05) is 60.0 Å². The van der Waals surface area contributed by atoms with Crippen LogP contribution in [-0.2, 0) is 11.3 Å². The third kappa shape index (κ3) is 4.56. The van der Waals surface area contributed by atoms with Gasteiger partial charge in [0, 0.05) is 54.9 Å². The number of anilines is 2. The van der Waals surface area contributed by atoms with Crippen LogP contribution in [0.2, 0.25) is 5.02 Å². The molecule has 36 heavy (non-hydrogen) atoms. The lowest BCUT2D eigenvalue weighted by molar-refractivity contribution is 0.0336. The molecule has 4 heterocycles. The lowest BCUT2D eigenvalue weighted by Gasteiger charge is -2.25. The van der Waals surface area contributed by atoms with Crippen molar-refractivity contribution in [1.82, 2.24) is 29.5 Å². The minimum atomic E-state index is 0.450. The van der Waals surface area contributed by atoms with Gasteiger partial charge in [0.15, 0.2) is 5.65 Å². The van der Waals surface area contributed by atoms with Crippen molar-refractivity contribution in [3.8, 4) is 11.6 Å². The topological polar surface area (TPSA) is 80.9 Å². The molecule has 0 radical (unpaired) electrons. The summed E-state index contributed by atoms with van der Waals surface area (Å²) in [4.78, 5) is 13.4. The minimum absolute atomic E-state index is 0.450. The molecule has 1 fully saturated rings. The van der Waals surface area contributed by atoms with Gasteiger partial charge in [0.25, 0.3) is 0 Å². The van der Waals surface area contributed by atoms with E-state index >= 15 is 0 Å². The SMILES string of the molecule is CN(c1cccc(Oc2cnc(CN3CCOCC3)cn2)c1)c1cc2nncn2c2cc(Cl)ccc12. The van der Waals surface area contributed by atoms with Gasteiger partial charge in [-0.3, -0.25) is 14.3 Å². The fourth-order valence-electron chi connectivity index (χ4n) is 4.41. The van der Waals surface area contributed by atoms with Crippen LogP contribution in [0.5, 0.6) is 11.6 Å². The normalized spacial score (nSPS) is 14.4. The van der Waals surface area contributed by atoms with Crippen LogP contribution in [0.4, 0.5) is 11.4 Å². The summed E-state index contributed by atoms with van der Waals surface area (Å²) in [6.07, 6.45) is 5.13. The van der Waals surface area contributed by atoms with Gasteiger partial charge >= 0.3 is 0 Å². The molecule has 2 aromatic carbocycles. The number of aromatic nitrogens is 5.